The van der Waals surface area contributed by atoms with E-state index in [1.54, 1.807) is 20.8 Å². The molecule has 0 aromatic heterocycles. The second-order valence-corrected chi connectivity index (χ2v) is 5.88. The fraction of sp³-hybridized carbons (Fsp3) is 0.467. The SMILES string of the molecule is CC(C)[C@@]1(C)NC(=O)N(C[C@H](O)c2cc(F)ccc2F)C1=O. The number of benzene rings is 1. The van der Waals surface area contributed by atoms with Crippen molar-refractivity contribution in [2.24, 2.45) is 5.92 Å². The van der Waals surface area contributed by atoms with Crippen LogP contribution in [0.1, 0.15) is 32.4 Å². The monoisotopic (exact) mass is 312 g/mol. The van der Waals surface area contributed by atoms with Crippen molar-refractivity contribution in [3.05, 3.63) is 35.4 Å². The number of imide groups is 1. The van der Waals surface area contributed by atoms with Crippen LogP contribution in [0.25, 0.3) is 0 Å². The topological polar surface area (TPSA) is 69.6 Å². The number of nitrogens with zero attached hydrogens (tertiary/aromatic N) is 1. The molecular formula is C15H18F2N2O3. The van der Waals surface area contributed by atoms with E-state index in [1.165, 1.54) is 0 Å². The molecule has 3 amide bonds. The highest BCUT2D eigenvalue weighted by atomic mass is 19.1. The Labute approximate surface area is 126 Å². The van der Waals surface area contributed by atoms with Crippen LogP contribution in [-0.2, 0) is 4.79 Å². The number of hydrogen-bond donors (Lipinski definition) is 2. The molecular weight excluding hydrogens is 294 g/mol. The van der Waals surface area contributed by atoms with Crippen molar-refractivity contribution in [1.82, 2.24) is 10.2 Å². The van der Waals surface area contributed by atoms with Gasteiger partial charge in [-0.05, 0) is 31.0 Å². The molecule has 1 aromatic rings. The van der Waals surface area contributed by atoms with Crippen molar-refractivity contribution in [1.29, 1.82) is 0 Å². The maximum absolute atomic E-state index is 13.6. The van der Waals surface area contributed by atoms with Crippen LogP contribution < -0.4 is 5.32 Å². The fourth-order valence-corrected chi connectivity index (χ4v) is 2.31. The van der Waals surface area contributed by atoms with Gasteiger partial charge in [0.15, 0.2) is 0 Å². The third kappa shape index (κ3) is 2.68. The lowest BCUT2D eigenvalue weighted by Crippen LogP contribution is -2.48. The van der Waals surface area contributed by atoms with Crippen LogP contribution in [0.15, 0.2) is 18.2 Å². The Morgan fingerprint density at radius 3 is 2.50 bits per heavy atom. The molecule has 120 valence electrons. The Hall–Kier alpha value is -2.02. The zero-order valence-electron chi connectivity index (χ0n) is 12.6. The first-order valence-electron chi connectivity index (χ1n) is 6.94. The molecule has 1 heterocycles. The van der Waals surface area contributed by atoms with E-state index in [4.69, 9.17) is 0 Å². The first-order chi connectivity index (χ1) is 10.2. The van der Waals surface area contributed by atoms with Gasteiger partial charge in [-0.25, -0.2) is 13.6 Å². The van der Waals surface area contributed by atoms with E-state index in [1.807, 2.05) is 0 Å². The Bertz CT molecular complexity index is 621. The van der Waals surface area contributed by atoms with E-state index in [9.17, 15) is 23.5 Å². The van der Waals surface area contributed by atoms with Crippen LogP contribution in [0.3, 0.4) is 0 Å². The summed E-state index contributed by atoms with van der Waals surface area (Å²) in [5.41, 5.74) is -1.36. The summed E-state index contributed by atoms with van der Waals surface area (Å²) in [6.07, 6.45) is -1.50. The minimum absolute atomic E-state index is 0.156. The van der Waals surface area contributed by atoms with Crippen LogP contribution >= 0.6 is 0 Å². The lowest BCUT2D eigenvalue weighted by molar-refractivity contribution is -0.133. The number of aliphatic hydroxyl groups excluding tert-OH is 1. The van der Waals surface area contributed by atoms with E-state index in [2.05, 4.69) is 5.32 Å². The molecule has 2 rings (SSSR count). The minimum atomic E-state index is -1.50. The van der Waals surface area contributed by atoms with E-state index < -0.39 is 41.8 Å². The van der Waals surface area contributed by atoms with Crippen LogP contribution in [0.2, 0.25) is 0 Å². The van der Waals surface area contributed by atoms with Crippen molar-refractivity contribution >= 4 is 11.9 Å². The number of urea groups is 1. The van der Waals surface area contributed by atoms with Gasteiger partial charge >= 0.3 is 6.03 Å². The molecule has 1 aromatic carbocycles. The average molecular weight is 312 g/mol. The number of hydrogen-bond acceptors (Lipinski definition) is 3. The van der Waals surface area contributed by atoms with Crippen LogP contribution in [-0.4, -0.2) is 34.0 Å². The number of nitrogens with one attached hydrogen (secondary N) is 1. The van der Waals surface area contributed by atoms with Crippen LogP contribution in [0, 0.1) is 17.6 Å². The van der Waals surface area contributed by atoms with Gasteiger partial charge in [0.1, 0.15) is 23.3 Å². The number of carbonyl (C=O) groups is 2. The quantitative estimate of drug-likeness (QED) is 0.835. The largest absolute Gasteiger partial charge is 0.386 e. The zero-order valence-corrected chi connectivity index (χ0v) is 12.6. The lowest BCUT2D eigenvalue weighted by Gasteiger charge is -2.26. The van der Waals surface area contributed by atoms with Crippen LogP contribution in [0.4, 0.5) is 13.6 Å². The Balaban J connectivity index is 2.22. The predicted octanol–water partition coefficient (Wildman–Crippen LogP) is 1.96. The van der Waals surface area contributed by atoms with Gasteiger partial charge in [-0.3, -0.25) is 9.69 Å². The molecule has 2 N–H and O–H groups in total. The molecule has 0 saturated carbocycles. The van der Waals surface area contributed by atoms with E-state index in [-0.39, 0.29) is 11.5 Å². The van der Waals surface area contributed by atoms with Crippen molar-refractivity contribution < 1.29 is 23.5 Å². The summed E-state index contributed by atoms with van der Waals surface area (Å²) in [6, 6.07) is 2.00. The number of amides is 3. The predicted molar refractivity (Wildman–Crippen MR) is 74.8 cm³/mol. The highest BCUT2D eigenvalue weighted by molar-refractivity contribution is 6.07. The smallest absolute Gasteiger partial charge is 0.325 e. The molecule has 0 bridgehead atoms. The standard InChI is InChI=1S/C15H18F2N2O3/c1-8(2)15(3)13(21)19(14(22)18-15)7-12(20)10-6-9(16)4-5-11(10)17/h4-6,8,12,20H,7H2,1-3H3,(H,18,22)/t12-,15+/m0/s1. The summed E-state index contributed by atoms with van der Waals surface area (Å²) in [5.74, 6) is -2.16. The third-order valence-electron chi connectivity index (χ3n) is 4.13. The van der Waals surface area contributed by atoms with Crippen molar-refractivity contribution in [2.75, 3.05) is 6.54 Å². The van der Waals surface area contributed by atoms with E-state index in [0.717, 1.165) is 23.1 Å². The second-order valence-electron chi connectivity index (χ2n) is 5.88. The molecule has 5 nitrogen and oxygen atoms in total. The van der Waals surface area contributed by atoms with Gasteiger partial charge in [0.25, 0.3) is 5.91 Å². The van der Waals surface area contributed by atoms with Gasteiger partial charge in [-0.15, -0.1) is 0 Å². The molecule has 0 unspecified atom stereocenters. The average Bonchev–Trinajstić information content (AvgIpc) is 2.66. The minimum Gasteiger partial charge on any atom is -0.386 e. The van der Waals surface area contributed by atoms with Gasteiger partial charge in [-0.1, -0.05) is 13.8 Å². The molecule has 1 aliphatic rings. The highest BCUT2D eigenvalue weighted by Crippen LogP contribution is 2.28. The number of carbonyl (C=O) groups excluding carboxylic acids is 2. The molecule has 1 aliphatic heterocycles. The maximum Gasteiger partial charge on any atom is 0.325 e. The van der Waals surface area contributed by atoms with Gasteiger partial charge in [0, 0.05) is 5.56 Å². The summed E-state index contributed by atoms with van der Waals surface area (Å²) in [7, 11) is 0. The van der Waals surface area contributed by atoms with Crippen molar-refractivity contribution in [3.8, 4) is 0 Å². The van der Waals surface area contributed by atoms with Gasteiger partial charge in [0.05, 0.1) is 6.54 Å². The summed E-state index contributed by atoms with van der Waals surface area (Å²) >= 11 is 0. The van der Waals surface area contributed by atoms with Gasteiger partial charge in [0.2, 0.25) is 0 Å². The Morgan fingerprint density at radius 2 is 1.95 bits per heavy atom. The molecule has 0 aliphatic carbocycles. The van der Waals surface area contributed by atoms with Gasteiger partial charge < -0.3 is 10.4 Å². The molecule has 0 radical (unpaired) electrons. The summed E-state index contributed by atoms with van der Waals surface area (Å²) in [4.78, 5) is 25.1. The lowest BCUT2D eigenvalue weighted by atomic mass is 9.88. The third-order valence-corrected chi connectivity index (χ3v) is 4.13. The Kier molecular flexibility index (Phi) is 4.19. The first kappa shape index (κ1) is 16.4. The maximum atomic E-state index is 13.6. The van der Waals surface area contributed by atoms with Crippen LogP contribution in [0.5, 0.6) is 0 Å². The van der Waals surface area contributed by atoms with Crippen molar-refractivity contribution in [3.63, 3.8) is 0 Å². The molecule has 1 saturated heterocycles. The molecule has 2 atom stereocenters. The van der Waals surface area contributed by atoms with Gasteiger partial charge in [-0.2, -0.15) is 0 Å². The molecule has 1 fully saturated rings. The zero-order chi connectivity index (χ0) is 16.7. The normalized spacial score (nSPS) is 23.1. The molecule has 0 spiro atoms. The molecule has 7 heteroatoms. The number of halogens is 2. The van der Waals surface area contributed by atoms with E-state index >= 15 is 0 Å². The summed E-state index contributed by atoms with van der Waals surface area (Å²) in [6.45, 7) is 4.72. The second kappa shape index (κ2) is 5.64. The summed E-state index contributed by atoms with van der Waals surface area (Å²) in [5, 5.41) is 12.6. The fourth-order valence-electron chi connectivity index (χ4n) is 2.31. The first-order valence-corrected chi connectivity index (χ1v) is 6.94. The molecule has 22 heavy (non-hydrogen) atoms. The number of rotatable bonds is 4. The summed E-state index contributed by atoms with van der Waals surface area (Å²) < 4.78 is 26.8. The Morgan fingerprint density at radius 1 is 1.32 bits per heavy atom. The van der Waals surface area contributed by atoms with E-state index in [0.29, 0.717) is 0 Å². The highest BCUT2D eigenvalue weighted by Gasteiger charge is 2.50. The number of aliphatic hydroxyl groups is 1. The van der Waals surface area contributed by atoms with Crippen molar-refractivity contribution in [2.45, 2.75) is 32.4 Å². The number of β-amino-alcohol motifs (C(OH)–C–C–N with tert-alkyl or cyclic N) is 1.